The Balaban J connectivity index is 2.85. The fraction of sp³-hybridized carbons (Fsp3) is 0.111. The third-order valence-corrected chi connectivity index (χ3v) is 4.07. The summed E-state index contributed by atoms with van der Waals surface area (Å²) in [5.41, 5.74) is 8.06. The van der Waals surface area contributed by atoms with E-state index in [4.69, 9.17) is 5.73 Å². The molecule has 0 atom stereocenters. The lowest BCUT2D eigenvalue weighted by Gasteiger charge is -2.01. The van der Waals surface area contributed by atoms with Gasteiger partial charge in [-0.2, -0.15) is 0 Å². The first-order chi connectivity index (χ1) is 6.22. The Morgan fingerprint density at radius 2 is 2.23 bits per heavy atom. The van der Waals surface area contributed by atoms with Gasteiger partial charge in [-0.1, -0.05) is 15.9 Å². The van der Waals surface area contributed by atoms with Crippen molar-refractivity contribution in [1.82, 2.24) is 0 Å². The number of nitrogen functional groups attached to an aromatic ring is 1. The Morgan fingerprint density at radius 3 is 2.92 bits per heavy atom. The van der Waals surface area contributed by atoms with Crippen LogP contribution in [0.4, 0.5) is 5.69 Å². The predicted molar refractivity (Wildman–Crippen MR) is 71.6 cm³/mol. The number of fused-ring (bicyclic) bond motifs is 1. The molecule has 0 fully saturated rings. The lowest BCUT2D eigenvalue weighted by atomic mass is 10.1. The second-order valence-electron chi connectivity index (χ2n) is 2.76. The summed E-state index contributed by atoms with van der Waals surface area (Å²) in [7, 11) is 0. The van der Waals surface area contributed by atoms with E-state index in [-0.39, 0.29) is 0 Å². The first-order valence-electron chi connectivity index (χ1n) is 3.73. The van der Waals surface area contributed by atoms with Crippen LogP contribution >= 0.6 is 49.9 Å². The molecule has 0 bridgehead atoms. The molecular formula is C9H7BrINS. The first kappa shape index (κ1) is 9.73. The largest absolute Gasteiger partial charge is 0.398 e. The van der Waals surface area contributed by atoms with Crippen molar-refractivity contribution in [2.75, 3.05) is 5.73 Å². The van der Waals surface area contributed by atoms with E-state index in [9.17, 15) is 0 Å². The quantitative estimate of drug-likeness (QED) is 0.598. The summed E-state index contributed by atoms with van der Waals surface area (Å²) >= 11 is 7.52. The van der Waals surface area contributed by atoms with Crippen LogP contribution in [0.2, 0.25) is 0 Å². The Hall–Kier alpha value is 0.190. The molecule has 13 heavy (non-hydrogen) atoms. The van der Waals surface area contributed by atoms with Crippen molar-refractivity contribution < 1.29 is 0 Å². The van der Waals surface area contributed by atoms with E-state index < -0.39 is 0 Å². The molecule has 1 aromatic heterocycles. The highest BCUT2D eigenvalue weighted by atomic mass is 127. The summed E-state index contributed by atoms with van der Waals surface area (Å²) < 4.78 is 2.54. The zero-order valence-electron chi connectivity index (χ0n) is 6.68. The van der Waals surface area contributed by atoms with Gasteiger partial charge in [-0.15, -0.1) is 11.3 Å². The maximum absolute atomic E-state index is 5.89. The van der Waals surface area contributed by atoms with Crippen molar-refractivity contribution in [2.24, 2.45) is 0 Å². The fourth-order valence-electron chi connectivity index (χ4n) is 1.35. The van der Waals surface area contributed by atoms with Crippen LogP contribution in [0.15, 0.2) is 17.5 Å². The van der Waals surface area contributed by atoms with Gasteiger partial charge in [0.25, 0.3) is 0 Å². The van der Waals surface area contributed by atoms with Crippen LogP contribution in [-0.2, 0) is 5.33 Å². The number of nitrogens with two attached hydrogens (primary N) is 1. The van der Waals surface area contributed by atoms with E-state index in [1.165, 1.54) is 19.2 Å². The van der Waals surface area contributed by atoms with Crippen LogP contribution in [0.5, 0.6) is 0 Å². The average molecular weight is 368 g/mol. The van der Waals surface area contributed by atoms with Crippen LogP contribution in [0, 0.1) is 3.57 Å². The van der Waals surface area contributed by atoms with Gasteiger partial charge < -0.3 is 5.73 Å². The van der Waals surface area contributed by atoms with Crippen LogP contribution in [0.1, 0.15) is 5.56 Å². The number of halogens is 2. The fourth-order valence-corrected chi connectivity index (χ4v) is 3.62. The summed E-state index contributed by atoms with van der Waals surface area (Å²) in [5, 5.41) is 4.08. The summed E-state index contributed by atoms with van der Waals surface area (Å²) in [5.74, 6) is 0. The van der Waals surface area contributed by atoms with Crippen molar-refractivity contribution >= 4 is 65.6 Å². The molecule has 0 amide bonds. The normalized spacial score (nSPS) is 10.9. The monoisotopic (exact) mass is 367 g/mol. The summed E-state index contributed by atoms with van der Waals surface area (Å²) in [6.07, 6.45) is 0. The number of thiophene rings is 1. The van der Waals surface area contributed by atoms with Crippen molar-refractivity contribution in [2.45, 2.75) is 5.33 Å². The molecule has 1 heterocycles. The molecular weight excluding hydrogens is 361 g/mol. The van der Waals surface area contributed by atoms with E-state index in [2.05, 4.69) is 50.7 Å². The lowest BCUT2D eigenvalue weighted by molar-refractivity contribution is 1.48. The smallest absolute Gasteiger partial charge is 0.0505 e. The number of benzene rings is 1. The van der Waals surface area contributed by atoms with E-state index in [1.54, 1.807) is 11.3 Å². The van der Waals surface area contributed by atoms with E-state index in [0.717, 1.165) is 11.0 Å². The maximum atomic E-state index is 5.89. The molecule has 2 N–H and O–H groups in total. The minimum absolute atomic E-state index is 0.862. The predicted octanol–water partition coefficient (Wildman–Crippen LogP) is 3.98. The van der Waals surface area contributed by atoms with Gasteiger partial charge in [0.15, 0.2) is 0 Å². The molecule has 2 rings (SSSR count). The standard InChI is InChI=1S/C9H7BrINS/c10-3-5-1-6(11)2-8-9(5)7(12)4-13-8/h1-2,4H,3,12H2. The molecule has 0 saturated heterocycles. The third-order valence-electron chi connectivity index (χ3n) is 1.89. The number of hydrogen-bond donors (Lipinski definition) is 1. The second-order valence-corrected chi connectivity index (χ2v) is 5.48. The minimum atomic E-state index is 0.862. The van der Waals surface area contributed by atoms with E-state index >= 15 is 0 Å². The van der Waals surface area contributed by atoms with Crippen LogP contribution in [0.3, 0.4) is 0 Å². The Morgan fingerprint density at radius 1 is 1.46 bits per heavy atom. The van der Waals surface area contributed by atoms with Gasteiger partial charge in [-0.25, -0.2) is 0 Å². The van der Waals surface area contributed by atoms with Crippen LogP contribution in [-0.4, -0.2) is 0 Å². The lowest BCUT2D eigenvalue weighted by Crippen LogP contribution is -1.86. The van der Waals surface area contributed by atoms with Gasteiger partial charge >= 0.3 is 0 Å². The van der Waals surface area contributed by atoms with Crippen molar-refractivity contribution in [3.05, 3.63) is 26.6 Å². The molecule has 0 aliphatic carbocycles. The molecule has 4 heteroatoms. The number of alkyl halides is 1. The summed E-state index contributed by atoms with van der Waals surface area (Å²) in [6, 6.07) is 4.34. The minimum Gasteiger partial charge on any atom is -0.398 e. The Labute approximate surface area is 103 Å². The van der Waals surface area contributed by atoms with Gasteiger partial charge in [-0.3, -0.25) is 0 Å². The zero-order valence-corrected chi connectivity index (χ0v) is 11.2. The van der Waals surface area contributed by atoms with Gasteiger partial charge in [0, 0.05) is 24.4 Å². The SMILES string of the molecule is Nc1csc2cc(I)cc(CBr)c12. The molecule has 0 aliphatic heterocycles. The zero-order chi connectivity index (χ0) is 9.42. The summed E-state index contributed by atoms with van der Waals surface area (Å²) in [4.78, 5) is 0. The summed E-state index contributed by atoms with van der Waals surface area (Å²) in [6.45, 7) is 0. The Bertz CT molecular complexity index is 452. The van der Waals surface area contributed by atoms with Crippen LogP contribution in [0.25, 0.3) is 10.1 Å². The van der Waals surface area contributed by atoms with Crippen molar-refractivity contribution in [3.63, 3.8) is 0 Å². The number of rotatable bonds is 1. The second kappa shape index (κ2) is 3.74. The highest BCUT2D eigenvalue weighted by molar-refractivity contribution is 14.1. The molecule has 2 aromatic rings. The van der Waals surface area contributed by atoms with E-state index in [0.29, 0.717) is 0 Å². The highest BCUT2D eigenvalue weighted by Crippen LogP contribution is 2.33. The molecule has 0 spiro atoms. The number of hydrogen-bond acceptors (Lipinski definition) is 2. The molecule has 68 valence electrons. The van der Waals surface area contributed by atoms with Gasteiger partial charge in [-0.05, 0) is 40.3 Å². The molecule has 1 nitrogen and oxygen atoms in total. The van der Waals surface area contributed by atoms with Crippen molar-refractivity contribution in [1.29, 1.82) is 0 Å². The van der Waals surface area contributed by atoms with Crippen molar-refractivity contribution in [3.8, 4) is 0 Å². The molecule has 0 saturated carbocycles. The van der Waals surface area contributed by atoms with Gasteiger partial charge in [0.05, 0.1) is 5.69 Å². The first-order valence-corrected chi connectivity index (χ1v) is 6.81. The average Bonchev–Trinajstić information content (AvgIpc) is 2.46. The molecule has 0 unspecified atom stereocenters. The van der Waals surface area contributed by atoms with Gasteiger partial charge in [0.2, 0.25) is 0 Å². The topological polar surface area (TPSA) is 26.0 Å². The van der Waals surface area contributed by atoms with E-state index in [1.807, 2.05) is 5.38 Å². The third kappa shape index (κ3) is 1.71. The molecule has 0 aliphatic rings. The Kier molecular flexibility index (Phi) is 2.80. The van der Waals surface area contributed by atoms with Gasteiger partial charge in [0.1, 0.15) is 0 Å². The maximum Gasteiger partial charge on any atom is 0.0505 e. The number of anilines is 1. The molecule has 1 aromatic carbocycles. The van der Waals surface area contributed by atoms with Crippen LogP contribution < -0.4 is 5.73 Å². The highest BCUT2D eigenvalue weighted by Gasteiger charge is 2.06. The molecule has 0 radical (unpaired) electrons.